The lowest BCUT2D eigenvalue weighted by Crippen LogP contribution is -2.53. The number of amides is 1. The summed E-state index contributed by atoms with van der Waals surface area (Å²) in [6.45, 7) is 0.458. The Bertz CT molecular complexity index is 323. The summed E-state index contributed by atoms with van der Waals surface area (Å²) >= 11 is 0. The Hall–Kier alpha value is -1.71. The molecule has 0 aromatic rings. The van der Waals surface area contributed by atoms with Crippen LogP contribution in [-0.2, 0) is 14.4 Å². The number of carboxylic acids is 2. The third-order valence-corrected chi connectivity index (χ3v) is 2.38. The van der Waals surface area contributed by atoms with Gasteiger partial charge in [-0.05, 0) is 25.8 Å². The Morgan fingerprint density at radius 2 is 1.53 bits per heavy atom. The molecule has 0 aliphatic heterocycles. The number of unbranched alkanes of at least 4 members (excludes halogenated alkanes) is 1. The standard InChI is InChI=1S/C10H20N4O5/c11-4-2-1-3-6(9(16)17)13-14-7(10(18)19)5-8(12)15/h6-7,13-14H,1-5,11H2,(H2,12,15)(H,16,17)(H,18,19)/t6-,7-/m0/s1. The van der Waals surface area contributed by atoms with Gasteiger partial charge in [-0.1, -0.05) is 0 Å². The summed E-state index contributed by atoms with van der Waals surface area (Å²) < 4.78 is 0. The summed E-state index contributed by atoms with van der Waals surface area (Å²) in [4.78, 5) is 32.4. The van der Waals surface area contributed by atoms with Gasteiger partial charge < -0.3 is 21.7 Å². The van der Waals surface area contributed by atoms with Crippen LogP contribution in [-0.4, -0.2) is 46.7 Å². The van der Waals surface area contributed by atoms with E-state index in [1.165, 1.54) is 0 Å². The molecular weight excluding hydrogens is 256 g/mol. The lowest BCUT2D eigenvalue weighted by molar-refractivity contribution is -0.144. The van der Waals surface area contributed by atoms with Crippen LogP contribution in [0.3, 0.4) is 0 Å². The van der Waals surface area contributed by atoms with E-state index in [-0.39, 0.29) is 0 Å². The number of hydrogen-bond donors (Lipinski definition) is 6. The van der Waals surface area contributed by atoms with Gasteiger partial charge in [0.15, 0.2) is 0 Å². The van der Waals surface area contributed by atoms with E-state index in [0.717, 1.165) is 0 Å². The second-order valence-electron chi connectivity index (χ2n) is 4.03. The average molecular weight is 276 g/mol. The molecule has 0 aliphatic carbocycles. The molecule has 1 amide bonds. The van der Waals surface area contributed by atoms with E-state index in [4.69, 9.17) is 21.7 Å². The number of aliphatic carboxylic acids is 2. The molecule has 0 aromatic carbocycles. The van der Waals surface area contributed by atoms with Gasteiger partial charge in [-0.25, -0.2) is 10.9 Å². The highest BCUT2D eigenvalue weighted by molar-refractivity contribution is 5.83. The molecule has 0 aliphatic rings. The third-order valence-electron chi connectivity index (χ3n) is 2.38. The molecule has 0 spiro atoms. The number of rotatable bonds is 11. The first-order valence-corrected chi connectivity index (χ1v) is 5.83. The second-order valence-corrected chi connectivity index (χ2v) is 4.03. The summed E-state index contributed by atoms with van der Waals surface area (Å²) in [7, 11) is 0. The molecule has 0 radical (unpaired) electrons. The Labute approximate surface area is 110 Å². The molecule has 8 N–H and O–H groups in total. The predicted octanol–water partition coefficient (Wildman–Crippen LogP) is -2.01. The van der Waals surface area contributed by atoms with Gasteiger partial charge in [-0.15, -0.1) is 0 Å². The highest BCUT2D eigenvalue weighted by Crippen LogP contribution is 2.00. The number of hydrazine groups is 1. The minimum atomic E-state index is -1.29. The van der Waals surface area contributed by atoms with Crippen molar-refractivity contribution < 1.29 is 24.6 Å². The topological polar surface area (TPSA) is 168 Å². The number of nitrogens with two attached hydrogens (primary N) is 2. The second kappa shape index (κ2) is 9.25. The van der Waals surface area contributed by atoms with Crippen LogP contribution in [0, 0.1) is 0 Å². The number of primary amides is 1. The van der Waals surface area contributed by atoms with Crippen molar-refractivity contribution in [3.05, 3.63) is 0 Å². The van der Waals surface area contributed by atoms with Crippen LogP contribution in [0.2, 0.25) is 0 Å². The minimum Gasteiger partial charge on any atom is -0.480 e. The quantitative estimate of drug-likeness (QED) is 0.186. The van der Waals surface area contributed by atoms with E-state index in [1.807, 2.05) is 0 Å². The van der Waals surface area contributed by atoms with Gasteiger partial charge in [-0.2, -0.15) is 0 Å². The highest BCUT2D eigenvalue weighted by Gasteiger charge is 2.23. The first-order valence-electron chi connectivity index (χ1n) is 5.83. The van der Waals surface area contributed by atoms with Crippen LogP contribution in [0.4, 0.5) is 0 Å². The van der Waals surface area contributed by atoms with Crippen LogP contribution in [0.5, 0.6) is 0 Å². The zero-order valence-electron chi connectivity index (χ0n) is 10.5. The number of carbonyl (C=O) groups excluding carboxylic acids is 1. The fourth-order valence-electron chi connectivity index (χ4n) is 1.35. The Balaban J connectivity index is 4.29. The zero-order valence-corrected chi connectivity index (χ0v) is 10.5. The molecule has 0 rings (SSSR count). The number of hydrogen-bond acceptors (Lipinski definition) is 6. The fraction of sp³-hybridized carbons (Fsp3) is 0.700. The van der Waals surface area contributed by atoms with Crippen molar-refractivity contribution in [2.45, 2.75) is 37.8 Å². The van der Waals surface area contributed by atoms with Crippen molar-refractivity contribution in [1.29, 1.82) is 0 Å². The van der Waals surface area contributed by atoms with Gasteiger partial charge in [0.25, 0.3) is 0 Å². The minimum absolute atomic E-state index is 0.294. The van der Waals surface area contributed by atoms with Crippen LogP contribution >= 0.6 is 0 Å². The summed E-state index contributed by atoms with van der Waals surface area (Å²) in [5, 5.41) is 17.7. The smallest absolute Gasteiger partial charge is 0.322 e. The molecule has 9 heteroatoms. The van der Waals surface area contributed by atoms with Crippen molar-refractivity contribution >= 4 is 17.8 Å². The Morgan fingerprint density at radius 3 is 1.95 bits per heavy atom. The molecule has 0 saturated carbocycles. The van der Waals surface area contributed by atoms with Gasteiger partial charge in [0.05, 0.1) is 6.42 Å². The molecule has 0 aromatic heterocycles. The summed E-state index contributed by atoms with van der Waals surface area (Å²) in [6.07, 6.45) is 1.13. The maximum absolute atomic E-state index is 10.9. The van der Waals surface area contributed by atoms with Crippen LogP contribution in [0.25, 0.3) is 0 Å². The number of carbonyl (C=O) groups is 3. The highest BCUT2D eigenvalue weighted by atomic mass is 16.4. The van der Waals surface area contributed by atoms with Crippen molar-refractivity contribution in [2.24, 2.45) is 11.5 Å². The molecule has 0 bridgehead atoms. The van der Waals surface area contributed by atoms with Crippen molar-refractivity contribution in [2.75, 3.05) is 6.54 Å². The van der Waals surface area contributed by atoms with Crippen molar-refractivity contribution in [3.8, 4) is 0 Å². The first-order chi connectivity index (χ1) is 8.88. The van der Waals surface area contributed by atoms with Crippen LogP contribution in [0.15, 0.2) is 0 Å². The number of nitrogens with one attached hydrogen (secondary N) is 2. The lowest BCUT2D eigenvalue weighted by atomic mass is 10.1. The summed E-state index contributed by atoms with van der Waals surface area (Å²) in [6, 6.07) is -2.23. The van der Waals surface area contributed by atoms with Gasteiger partial charge in [0.1, 0.15) is 12.1 Å². The molecule has 9 nitrogen and oxygen atoms in total. The molecule has 0 saturated heterocycles. The van der Waals surface area contributed by atoms with E-state index in [2.05, 4.69) is 10.9 Å². The van der Waals surface area contributed by atoms with Crippen molar-refractivity contribution in [1.82, 2.24) is 10.9 Å². The van der Waals surface area contributed by atoms with E-state index in [1.54, 1.807) is 0 Å². The monoisotopic (exact) mass is 276 g/mol. The molecular formula is C10H20N4O5. The Kier molecular flexibility index (Phi) is 8.42. The lowest BCUT2D eigenvalue weighted by Gasteiger charge is -2.18. The Morgan fingerprint density at radius 1 is 1.00 bits per heavy atom. The number of carboxylic acid groups (broad SMARTS) is 2. The van der Waals surface area contributed by atoms with Crippen molar-refractivity contribution in [3.63, 3.8) is 0 Å². The largest absolute Gasteiger partial charge is 0.480 e. The molecule has 0 heterocycles. The van der Waals surface area contributed by atoms with E-state index in [9.17, 15) is 14.4 Å². The summed E-state index contributed by atoms with van der Waals surface area (Å²) in [5.74, 6) is -3.21. The van der Waals surface area contributed by atoms with E-state index >= 15 is 0 Å². The predicted molar refractivity (Wildman–Crippen MR) is 65.8 cm³/mol. The van der Waals surface area contributed by atoms with E-state index < -0.39 is 36.4 Å². The van der Waals surface area contributed by atoms with Crippen LogP contribution < -0.4 is 22.3 Å². The maximum Gasteiger partial charge on any atom is 0.322 e. The first kappa shape index (κ1) is 17.3. The average Bonchev–Trinajstić information content (AvgIpc) is 2.30. The fourth-order valence-corrected chi connectivity index (χ4v) is 1.35. The molecule has 19 heavy (non-hydrogen) atoms. The van der Waals surface area contributed by atoms with Gasteiger partial charge in [0.2, 0.25) is 5.91 Å². The van der Waals surface area contributed by atoms with Gasteiger partial charge in [-0.3, -0.25) is 14.4 Å². The molecule has 0 fully saturated rings. The maximum atomic E-state index is 10.9. The third kappa shape index (κ3) is 8.08. The van der Waals surface area contributed by atoms with E-state index in [0.29, 0.717) is 25.8 Å². The molecule has 0 unspecified atom stereocenters. The normalized spacial score (nSPS) is 13.7. The van der Waals surface area contributed by atoms with Crippen LogP contribution in [0.1, 0.15) is 25.7 Å². The zero-order chi connectivity index (χ0) is 14.8. The van der Waals surface area contributed by atoms with Gasteiger partial charge in [0, 0.05) is 0 Å². The summed E-state index contributed by atoms with van der Waals surface area (Å²) in [5.41, 5.74) is 14.9. The van der Waals surface area contributed by atoms with Gasteiger partial charge >= 0.3 is 11.9 Å². The SMILES string of the molecule is NCCCC[C@H](NN[C@@H](CC(N)=O)C(=O)O)C(=O)O. The molecule has 110 valence electrons. The molecule has 2 atom stereocenters.